The van der Waals surface area contributed by atoms with Gasteiger partial charge in [0.2, 0.25) is 0 Å². The summed E-state index contributed by atoms with van der Waals surface area (Å²) in [5, 5.41) is 0. The molecular formula is H7CaO4PSr. The molecule has 0 amide bonds. The fraction of sp³-hybridized carbons (Fsp3) is 0. The second-order valence-electron chi connectivity index (χ2n) is 0.513. The van der Waals surface area contributed by atoms with Crippen molar-refractivity contribution in [1.82, 2.24) is 0 Å². The SMILES string of the molecule is O=P(O)(O)O.[CaH2].[SrH2]. The van der Waals surface area contributed by atoms with E-state index in [4.69, 9.17) is 19.2 Å². The summed E-state index contributed by atoms with van der Waals surface area (Å²) >= 11 is 0. The molecule has 0 fully saturated rings. The van der Waals surface area contributed by atoms with Gasteiger partial charge in [-0.2, -0.15) is 0 Å². The van der Waals surface area contributed by atoms with E-state index in [0.717, 1.165) is 0 Å². The van der Waals surface area contributed by atoms with Crippen molar-refractivity contribution in [3.05, 3.63) is 0 Å². The molecule has 0 aromatic heterocycles. The van der Waals surface area contributed by atoms with Crippen molar-refractivity contribution in [3.8, 4) is 0 Å². The van der Waals surface area contributed by atoms with Gasteiger partial charge in [-0.3, -0.25) is 0 Å². The zero-order valence-electron chi connectivity index (χ0n) is 2.20. The van der Waals surface area contributed by atoms with Crippen molar-refractivity contribution in [2.24, 2.45) is 0 Å². The summed E-state index contributed by atoms with van der Waals surface area (Å²) in [6.45, 7) is 0. The van der Waals surface area contributed by atoms with Crippen molar-refractivity contribution < 1.29 is 19.2 Å². The number of phosphoric acid groups is 1. The predicted octanol–water partition coefficient (Wildman–Crippen LogP) is -2.76. The molecule has 40 valence electrons. The van der Waals surface area contributed by atoms with E-state index in [-0.39, 0.29) is 83.2 Å². The number of hydrogen-bond donors (Lipinski definition) is 3. The van der Waals surface area contributed by atoms with Crippen LogP contribution in [0.2, 0.25) is 0 Å². The van der Waals surface area contributed by atoms with Gasteiger partial charge in [-0.05, 0) is 0 Å². The summed E-state index contributed by atoms with van der Waals surface area (Å²) < 4.78 is 8.88. The average Bonchev–Trinajstić information content (AvgIpc) is 0.722. The van der Waals surface area contributed by atoms with Crippen LogP contribution in [0.1, 0.15) is 0 Å². The van der Waals surface area contributed by atoms with E-state index in [1.54, 1.807) is 0 Å². The van der Waals surface area contributed by atoms with Crippen molar-refractivity contribution in [1.29, 1.82) is 0 Å². The Hall–Kier alpha value is 2.85. The molecule has 7 heavy (non-hydrogen) atoms. The molecule has 0 aliphatic heterocycles. The molecular weight excluding hydrogens is 223 g/mol. The third-order valence-electron chi connectivity index (χ3n) is 0. The molecule has 0 aliphatic rings. The van der Waals surface area contributed by atoms with Gasteiger partial charge in [0.15, 0.2) is 0 Å². The van der Waals surface area contributed by atoms with Gasteiger partial charge in [-0.25, -0.2) is 4.57 Å². The van der Waals surface area contributed by atoms with Crippen LogP contribution < -0.4 is 0 Å². The molecule has 0 saturated heterocycles. The van der Waals surface area contributed by atoms with E-state index in [0.29, 0.717) is 0 Å². The summed E-state index contributed by atoms with van der Waals surface area (Å²) in [4.78, 5) is 21.6. The van der Waals surface area contributed by atoms with Crippen LogP contribution in [-0.4, -0.2) is 97.9 Å². The molecule has 0 unspecified atom stereocenters. The fourth-order valence-corrected chi connectivity index (χ4v) is 0. The van der Waals surface area contributed by atoms with Gasteiger partial charge >= 0.3 is 91.0 Å². The Morgan fingerprint density at radius 1 is 1.14 bits per heavy atom. The van der Waals surface area contributed by atoms with Crippen LogP contribution in [-0.2, 0) is 4.57 Å². The van der Waals surface area contributed by atoms with E-state index in [9.17, 15) is 0 Å². The van der Waals surface area contributed by atoms with Crippen LogP contribution in [0.3, 0.4) is 0 Å². The molecule has 0 aromatic rings. The minimum atomic E-state index is -4.64. The summed E-state index contributed by atoms with van der Waals surface area (Å²) in [6.07, 6.45) is 0. The van der Waals surface area contributed by atoms with Gasteiger partial charge in [0.05, 0.1) is 0 Å². The summed E-state index contributed by atoms with van der Waals surface area (Å²) in [6, 6.07) is 0. The monoisotopic (exact) mass is 230 g/mol. The first-order chi connectivity index (χ1) is 2.00. The molecule has 7 heteroatoms. The second kappa shape index (κ2) is 6.96. The van der Waals surface area contributed by atoms with Crippen LogP contribution in [0.25, 0.3) is 0 Å². The van der Waals surface area contributed by atoms with Crippen LogP contribution in [0.5, 0.6) is 0 Å². The second-order valence-corrected chi connectivity index (χ2v) is 1.54. The van der Waals surface area contributed by atoms with Gasteiger partial charge in [-0.15, -0.1) is 0 Å². The Morgan fingerprint density at radius 3 is 1.14 bits per heavy atom. The Kier molecular flexibility index (Phi) is 16.4. The van der Waals surface area contributed by atoms with E-state index < -0.39 is 7.82 Å². The maximum atomic E-state index is 8.88. The van der Waals surface area contributed by atoms with Crippen LogP contribution in [0.15, 0.2) is 0 Å². The van der Waals surface area contributed by atoms with Crippen LogP contribution in [0.4, 0.5) is 0 Å². The topological polar surface area (TPSA) is 77.8 Å². The van der Waals surface area contributed by atoms with Crippen LogP contribution in [0, 0.1) is 0 Å². The average molecular weight is 230 g/mol. The first-order valence-electron chi connectivity index (χ1n) is 0.783. The molecule has 0 spiro atoms. The molecule has 0 bridgehead atoms. The van der Waals surface area contributed by atoms with Gasteiger partial charge in [-0.1, -0.05) is 0 Å². The normalized spacial score (nSPS) is 8.43. The van der Waals surface area contributed by atoms with Crippen molar-refractivity contribution >= 4 is 91.0 Å². The van der Waals surface area contributed by atoms with Crippen LogP contribution >= 0.6 is 7.82 Å². The van der Waals surface area contributed by atoms with Gasteiger partial charge in [0, 0.05) is 0 Å². The van der Waals surface area contributed by atoms with Gasteiger partial charge < -0.3 is 14.7 Å². The molecule has 0 rings (SSSR count). The Morgan fingerprint density at radius 2 is 1.14 bits per heavy atom. The number of rotatable bonds is 0. The van der Waals surface area contributed by atoms with Crippen molar-refractivity contribution in [3.63, 3.8) is 0 Å². The predicted molar refractivity (Wildman–Crippen MR) is 31.4 cm³/mol. The summed E-state index contributed by atoms with van der Waals surface area (Å²) in [7, 11) is -4.64. The van der Waals surface area contributed by atoms with E-state index in [1.807, 2.05) is 0 Å². The van der Waals surface area contributed by atoms with Crippen molar-refractivity contribution in [2.45, 2.75) is 0 Å². The van der Waals surface area contributed by atoms with E-state index in [2.05, 4.69) is 0 Å². The molecule has 4 nitrogen and oxygen atoms in total. The fourth-order valence-electron chi connectivity index (χ4n) is 0. The van der Waals surface area contributed by atoms with Crippen molar-refractivity contribution in [2.75, 3.05) is 0 Å². The zero-order chi connectivity index (χ0) is 4.50. The van der Waals surface area contributed by atoms with Gasteiger partial charge in [0.25, 0.3) is 0 Å². The minimum absolute atomic E-state index is 0. The Balaban J connectivity index is -0.0000000800. The molecule has 0 aromatic carbocycles. The molecule has 0 aliphatic carbocycles. The summed E-state index contributed by atoms with van der Waals surface area (Å²) in [5.41, 5.74) is 0. The first kappa shape index (κ1) is 16.4. The standard InChI is InChI=1S/Ca.H3O4P.Sr.4H/c;1-5(2,3)4;;;;;/h;(H3,1,2,3,4);;;;;. The molecule has 0 atom stereocenters. The molecule has 0 heterocycles. The molecule has 3 N–H and O–H groups in total. The maximum absolute atomic E-state index is 8.88. The van der Waals surface area contributed by atoms with E-state index in [1.165, 1.54) is 0 Å². The molecule has 0 radical (unpaired) electrons. The Labute approximate surface area is 108 Å². The zero-order valence-corrected chi connectivity index (χ0v) is 3.09. The van der Waals surface area contributed by atoms with E-state index >= 15 is 0 Å². The van der Waals surface area contributed by atoms with Gasteiger partial charge in [0.1, 0.15) is 0 Å². The third kappa shape index (κ3) is 51.1. The number of hydrogen-bond acceptors (Lipinski definition) is 1. The quantitative estimate of drug-likeness (QED) is 0.311. The third-order valence-corrected chi connectivity index (χ3v) is 0. The Bertz CT molecular complexity index is 57.8. The first-order valence-corrected chi connectivity index (χ1v) is 2.35. The molecule has 0 saturated carbocycles. The summed E-state index contributed by atoms with van der Waals surface area (Å²) in [5.74, 6) is 0.